The minimum absolute atomic E-state index is 0.748. The number of nitrogens with one attached hydrogen (secondary N) is 1. The number of H-pyrrole nitrogens is 1. The molecular weight excluding hydrogens is 242 g/mol. The van der Waals surface area contributed by atoms with Crippen molar-refractivity contribution in [2.75, 3.05) is 7.05 Å². The molecule has 0 spiro atoms. The largest absolute Gasteiger partial charge is 0.361 e. The van der Waals surface area contributed by atoms with Crippen molar-refractivity contribution in [3.63, 3.8) is 0 Å². The van der Waals surface area contributed by atoms with Gasteiger partial charge in [0.15, 0.2) is 0 Å². The van der Waals surface area contributed by atoms with Gasteiger partial charge in [-0.1, -0.05) is 5.16 Å². The number of hydrogen-bond donors (Lipinski definition) is 1. The molecule has 0 saturated carbocycles. The first-order valence-electron chi connectivity index (χ1n) is 6.09. The van der Waals surface area contributed by atoms with Crippen LogP contribution in [-0.4, -0.2) is 32.1 Å². The zero-order chi connectivity index (χ0) is 13.2. The fourth-order valence-corrected chi connectivity index (χ4v) is 2.16. The summed E-state index contributed by atoms with van der Waals surface area (Å²) >= 11 is 0. The Kier molecular flexibility index (Phi) is 3.00. The van der Waals surface area contributed by atoms with Crippen molar-refractivity contribution in [3.05, 3.63) is 41.8 Å². The predicted molar refractivity (Wildman–Crippen MR) is 70.3 cm³/mol. The Hall–Kier alpha value is -2.21. The second-order valence-electron chi connectivity index (χ2n) is 4.70. The molecule has 3 aromatic heterocycles. The number of rotatable bonds is 4. The molecule has 0 fully saturated rings. The minimum Gasteiger partial charge on any atom is -0.361 e. The Labute approximate surface area is 110 Å². The van der Waals surface area contributed by atoms with Crippen molar-refractivity contribution in [2.45, 2.75) is 20.0 Å². The van der Waals surface area contributed by atoms with Crippen LogP contribution in [-0.2, 0) is 13.1 Å². The van der Waals surface area contributed by atoms with Crippen LogP contribution in [0.15, 0.2) is 29.3 Å². The first kappa shape index (κ1) is 11.9. The van der Waals surface area contributed by atoms with E-state index in [1.54, 1.807) is 6.33 Å². The van der Waals surface area contributed by atoms with E-state index in [0.29, 0.717) is 0 Å². The van der Waals surface area contributed by atoms with Crippen LogP contribution in [0.3, 0.4) is 0 Å². The summed E-state index contributed by atoms with van der Waals surface area (Å²) in [7, 11) is 2.05. The fourth-order valence-electron chi connectivity index (χ4n) is 2.16. The predicted octanol–water partition coefficient (Wildman–Crippen LogP) is 1.89. The monoisotopic (exact) mass is 257 g/mol. The summed E-state index contributed by atoms with van der Waals surface area (Å²) < 4.78 is 5.07. The van der Waals surface area contributed by atoms with Crippen LogP contribution in [0.5, 0.6) is 0 Å². The number of hydrogen-bond acceptors (Lipinski definition) is 5. The summed E-state index contributed by atoms with van der Waals surface area (Å²) in [6, 6.07) is 1.95. The molecule has 0 aliphatic rings. The number of aryl methyl sites for hydroxylation is 1. The normalized spacial score (nSPS) is 11.5. The Morgan fingerprint density at radius 2 is 2.26 bits per heavy atom. The highest BCUT2D eigenvalue weighted by molar-refractivity contribution is 5.78. The summed E-state index contributed by atoms with van der Waals surface area (Å²) in [5, 5.41) is 5.06. The third kappa shape index (κ3) is 2.48. The standard InChI is InChI=1S/C13H15N5O/c1-9-3-11(17-19-9)7-18(2)6-10-4-15-13-12(10)5-14-8-16-13/h3-5,8H,6-7H2,1-2H3,(H,14,15,16). The Morgan fingerprint density at radius 3 is 3.05 bits per heavy atom. The smallest absolute Gasteiger partial charge is 0.140 e. The molecule has 0 radical (unpaired) electrons. The van der Waals surface area contributed by atoms with E-state index in [-0.39, 0.29) is 0 Å². The van der Waals surface area contributed by atoms with Gasteiger partial charge in [-0.2, -0.15) is 0 Å². The molecule has 0 bridgehead atoms. The van der Waals surface area contributed by atoms with Gasteiger partial charge in [0, 0.05) is 36.9 Å². The maximum Gasteiger partial charge on any atom is 0.140 e. The number of aromatic amines is 1. The molecular formula is C13H15N5O. The highest BCUT2D eigenvalue weighted by Crippen LogP contribution is 2.17. The lowest BCUT2D eigenvalue weighted by Crippen LogP contribution is -2.17. The quantitative estimate of drug-likeness (QED) is 0.772. The molecule has 0 unspecified atom stereocenters. The van der Waals surface area contributed by atoms with Crippen LogP contribution in [0.25, 0.3) is 11.0 Å². The van der Waals surface area contributed by atoms with Crippen LogP contribution < -0.4 is 0 Å². The maximum absolute atomic E-state index is 5.07. The van der Waals surface area contributed by atoms with Gasteiger partial charge in [-0.05, 0) is 19.5 Å². The van der Waals surface area contributed by atoms with Gasteiger partial charge in [0.25, 0.3) is 0 Å². The Morgan fingerprint density at radius 1 is 1.37 bits per heavy atom. The van der Waals surface area contributed by atoms with Crippen molar-refractivity contribution in [1.82, 2.24) is 25.0 Å². The van der Waals surface area contributed by atoms with Crippen LogP contribution in [0.4, 0.5) is 0 Å². The molecule has 0 amide bonds. The summed E-state index contributed by atoms with van der Waals surface area (Å²) in [4.78, 5) is 13.6. The second kappa shape index (κ2) is 4.81. The fraction of sp³-hybridized carbons (Fsp3) is 0.308. The average Bonchev–Trinajstić information content (AvgIpc) is 2.97. The van der Waals surface area contributed by atoms with E-state index in [1.807, 2.05) is 32.4 Å². The molecule has 3 heterocycles. The van der Waals surface area contributed by atoms with Gasteiger partial charge in [0.1, 0.15) is 17.7 Å². The highest BCUT2D eigenvalue weighted by atomic mass is 16.5. The number of nitrogens with zero attached hydrogens (tertiary/aromatic N) is 4. The van der Waals surface area contributed by atoms with E-state index < -0.39 is 0 Å². The van der Waals surface area contributed by atoms with E-state index in [1.165, 1.54) is 5.56 Å². The van der Waals surface area contributed by atoms with Crippen LogP contribution in [0.2, 0.25) is 0 Å². The number of aromatic nitrogens is 4. The second-order valence-corrected chi connectivity index (χ2v) is 4.70. The molecule has 3 aromatic rings. The molecule has 19 heavy (non-hydrogen) atoms. The lowest BCUT2D eigenvalue weighted by atomic mass is 10.2. The van der Waals surface area contributed by atoms with E-state index in [4.69, 9.17) is 4.52 Å². The molecule has 0 atom stereocenters. The molecule has 1 N–H and O–H groups in total. The summed E-state index contributed by atoms with van der Waals surface area (Å²) in [5.74, 6) is 0.837. The number of fused-ring (bicyclic) bond motifs is 1. The first-order chi connectivity index (χ1) is 9.22. The molecule has 0 aromatic carbocycles. The molecule has 0 aliphatic heterocycles. The van der Waals surface area contributed by atoms with Crippen molar-refractivity contribution in [2.24, 2.45) is 0 Å². The van der Waals surface area contributed by atoms with Crippen molar-refractivity contribution in [3.8, 4) is 0 Å². The molecule has 0 saturated heterocycles. The highest BCUT2D eigenvalue weighted by Gasteiger charge is 2.09. The van der Waals surface area contributed by atoms with Gasteiger partial charge in [0.2, 0.25) is 0 Å². The molecule has 3 rings (SSSR count). The molecule has 98 valence electrons. The summed E-state index contributed by atoms with van der Waals surface area (Å²) in [5.41, 5.74) is 2.99. The maximum atomic E-state index is 5.07. The van der Waals surface area contributed by atoms with Gasteiger partial charge in [-0.15, -0.1) is 0 Å². The summed E-state index contributed by atoms with van der Waals surface area (Å²) in [6.45, 7) is 3.45. The van der Waals surface area contributed by atoms with E-state index in [9.17, 15) is 0 Å². The lowest BCUT2D eigenvalue weighted by molar-refractivity contribution is 0.303. The van der Waals surface area contributed by atoms with E-state index in [2.05, 4.69) is 25.0 Å². The summed E-state index contributed by atoms with van der Waals surface area (Å²) in [6.07, 6.45) is 5.36. The average molecular weight is 257 g/mol. The molecule has 0 aliphatic carbocycles. The molecule has 6 heteroatoms. The zero-order valence-corrected chi connectivity index (χ0v) is 10.9. The topological polar surface area (TPSA) is 70.8 Å². The Balaban J connectivity index is 1.74. The van der Waals surface area contributed by atoms with Gasteiger partial charge in [-0.3, -0.25) is 4.90 Å². The van der Waals surface area contributed by atoms with Gasteiger partial charge in [-0.25, -0.2) is 9.97 Å². The van der Waals surface area contributed by atoms with Gasteiger partial charge in [0.05, 0.1) is 5.69 Å². The zero-order valence-electron chi connectivity index (χ0n) is 10.9. The minimum atomic E-state index is 0.748. The van der Waals surface area contributed by atoms with Crippen LogP contribution in [0, 0.1) is 6.92 Å². The van der Waals surface area contributed by atoms with Crippen LogP contribution >= 0.6 is 0 Å². The third-order valence-corrected chi connectivity index (χ3v) is 2.99. The SMILES string of the molecule is Cc1cc(CN(C)Cc2c[nH]c3ncncc23)no1. The third-order valence-electron chi connectivity index (χ3n) is 2.99. The Bertz CT molecular complexity index is 687. The molecule has 6 nitrogen and oxygen atoms in total. The van der Waals surface area contributed by atoms with E-state index >= 15 is 0 Å². The van der Waals surface area contributed by atoms with Gasteiger partial charge < -0.3 is 9.51 Å². The van der Waals surface area contributed by atoms with Crippen molar-refractivity contribution >= 4 is 11.0 Å². The first-order valence-corrected chi connectivity index (χ1v) is 6.09. The van der Waals surface area contributed by atoms with Crippen molar-refractivity contribution in [1.29, 1.82) is 0 Å². The van der Waals surface area contributed by atoms with E-state index in [0.717, 1.165) is 35.6 Å². The van der Waals surface area contributed by atoms with Gasteiger partial charge >= 0.3 is 0 Å². The lowest BCUT2D eigenvalue weighted by Gasteiger charge is -2.13. The van der Waals surface area contributed by atoms with Crippen LogP contribution in [0.1, 0.15) is 17.0 Å². The van der Waals surface area contributed by atoms with Crippen molar-refractivity contribution < 1.29 is 4.52 Å².